The minimum atomic E-state index is -0.181. The van der Waals surface area contributed by atoms with E-state index in [4.69, 9.17) is 4.74 Å². The maximum Gasteiger partial charge on any atom is 0.252 e. The number of hydrogen-bond donors (Lipinski definition) is 0. The van der Waals surface area contributed by atoms with E-state index in [2.05, 4.69) is 22.9 Å². The maximum atomic E-state index is 12.4. The molecule has 1 heterocycles. The van der Waals surface area contributed by atoms with Crippen LogP contribution in [0.4, 0.5) is 0 Å². The third-order valence-electron chi connectivity index (χ3n) is 3.75. The van der Waals surface area contributed by atoms with Crippen molar-refractivity contribution in [2.24, 2.45) is 5.92 Å². The predicted molar refractivity (Wildman–Crippen MR) is 66.7 cm³/mol. The second-order valence-electron chi connectivity index (χ2n) is 4.86. The van der Waals surface area contributed by atoms with Crippen molar-refractivity contribution >= 4 is 21.8 Å². The lowest BCUT2D eigenvalue weighted by atomic mass is 9.90. The van der Waals surface area contributed by atoms with Crippen LogP contribution in [-0.2, 0) is 9.53 Å². The van der Waals surface area contributed by atoms with Gasteiger partial charge in [0.05, 0.1) is 0 Å². The zero-order chi connectivity index (χ0) is 11.5. The minimum Gasteiger partial charge on any atom is -0.368 e. The normalized spacial score (nSPS) is 30.1. The van der Waals surface area contributed by atoms with Crippen molar-refractivity contribution in [2.75, 3.05) is 18.5 Å². The fourth-order valence-electron chi connectivity index (χ4n) is 2.44. The van der Waals surface area contributed by atoms with E-state index >= 15 is 0 Å². The third kappa shape index (κ3) is 2.43. The summed E-state index contributed by atoms with van der Waals surface area (Å²) in [6.45, 7) is 3.67. The van der Waals surface area contributed by atoms with Crippen LogP contribution in [0.5, 0.6) is 0 Å². The molecule has 1 aliphatic heterocycles. The molecule has 0 aromatic carbocycles. The Bertz CT molecular complexity index is 255. The van der Waals surface area contributed by atoms with Crippen LogP contribution in [0.2, 0.25) is 0 Å². The van der Waals surface area contributed by atoms with E-state index < -0.39 is 0 Å². The number of nitrogens with zero attached hydrogens (tertiary/aromatic N) is 1. The monoisotopic (exact) mass is 289 g/mol. The highest BCUT2D eigenvalue weighted by Crippen LogP contribution is 2.29. The van der Waals surface area contributed by atoms with Crippen LogP contribution in [0.15, 0.2) is 0 Å². The molecule has 4 heteroatoms. The maximum absolute atomic E-state index is 12.4. The van der Waals surface area contributed by atoms with Gasteiger partial charge < -0.3 is 9.64 Å². The first-order chi connectivity index (χ1) is 7.74. The van der Waals surface area contributed by atoms with Crippen LogP contribution < -0.4 is 0 Å². The van der Waals surface area contributed by atoms with Crippen molar-refractivity contribution in [1.82, 2.24) is 4.90 Å². The quantitative estimate of drug-likeness (QED) is 0.743. The van der Waals surface area contributed by atoms with Gasteiger partial charge in [-0.05, 0) is 31.6 Å². The molecule has 0 N–H and O–H groups in total. The summed E-state index contributed by atoms with van der Waals surface area (Å²) < 4.78 is 5.57. The van der Waals surface area contributed by atoms with E-state index in [-0.39, 0.29) is 12.0 Å². The number of hydrogen-bond acceptors (Lipinski definition) is 2. The van der Waals surface area contributed by atoms with Gasteiger partial charge in [-0.15, -0.1) is 0 Å². The number of halogens is 1. The molecule has 0 aromatic heterocycles. The predicted octanol–water partition coefficient (Wildman–Crippen LogP) is 2.19. The summed E-state index contributed by atoms with van der Waals surface area (Å²) in [5, 5.41) is 0.857. The highest BCUT2D eigenvalue weighted by Gasteiger charge is 2.37. The van der Waals surface area contributed by atoms with Gasteiger partial charge in [0.25, 0.3) is 5.91 Å². The van der Waals surface area contributed by atoms with E-state index in [0.717, 1.165) is 24.9 Å². The van der Waals surface area contributed by atoms with Crippen molar-refractivity contribution in [3.63, 3.8) is 0 Å². The molecule has 2 aliphatic rings. The van der Waals surface area contributed by atoms with Gasteiger partial charge in [-0.3, -0.25) is 4.79 Å². The van der Waals surface area contributed by atoms with Gasteiger partial charge in [-0.2, -0.15) is 0 Å². The first kappa shape index (κ1) is 12.4. The zero-order valence-corrected chi connectivity index (χ0v) is 11.4. The van der Waals surface area contributed by atoms with E-state index in [1.54, 1.807) is 0 Å². The van der Waals surface area contributed by atoms with Crippen molar-refractivity contribution in [3.05, 3.63) is 0 Å². The van der Waals surface area contributed by atoms with Crippen LogP contribution in [0.1, 0.15) is 32.6 Å². The van der Waals surface area contributed by atoms with Crippen molar-refractivity contribution in [2.45, 2.75) is 44.8 Å². The Morgan fingerprint density at radius 3 is 2.62 bits per heavy atom. The summed E-state index contributed by atoms with van der Waals surface area (Å²) in [7, 11) is 0. The first-order valence-corrected chi connectivity index (χ1v) is 7.34. The lowest BCUT2D eigenvalue weighted by molar-refractivity contribution is -0.146. The number of rotatable bonds is 4. The van der Waals surface area contributed by atoms with E-state index in [1.807, 2.05) is 4.90 Å². The molecule has 1 amide bonds. The average Bonchev–Trinajstić information content (AvgIpc) is 2.60. The summed E-state index contributed by atoms with van der Waals surface area (Å²) in [5.74, 6) is 0.597. The van der Waals surface area contributed by atoms with Gasteiger partial charge in [-0.1, -0.05) is 22.9 Å². The molecule has 2 rings (SSSR count). The molecule has 92 valence electrons. The largest absolute Gasteiger partial charge is 0.368 e. The molecule has 0 radical (unpaired) electrons. The van der Waals surface area contributed by atoms with E-state index in [0.29, 0.717) is 12.0 Å². The third-order valence-corrected chi connectivity index (χ3v) is 4.11. The molecule has 2 fully saturated rings. The van der Waals surface area contributed by atoms with Gasteiger partial charge in [0.1, 0.15) is 6.10 Å². The highest BCUT2D eigenvalue weighted by atomic mass is 79.9. The standard InChI is InChI=1S/C12H20BrNO2/c1-9-5-8-16-11(9)12(15)14(7-6-13)10-3-2-4-10/h9-11H,2-8H2,1H3. The van der Waals surface area contributed by atoms with Crippen LogP contribution >= 0.6 is 15.9 Å². The molecule has 2 atom stereocenters. The van der Waals surface area contributed by atoms with Gasteiger partial charge in [0.2, 0.25) is 0 Å². The Hall–Kier alpha value is -0.0900. The van der Waals surface area contributed by atoms with Gasteiger partial charge in [0.15, 0.2) is 0 Å². The molecule has 2 unspecified atom stereocenters. The molecule has 1 saturated carbocycles. The number of carbonyl (C=O) groups is 1. The molecule has 0 spiro atoms. The Morgan fingerprint density at radius 2 is 2.19 bits per heavy atom. The van der Waals surface area contributed by atoms with E-state index in [1.165, 1.54) is 19.3 Å². The topological polar surface area (TPSA) is 29.5 Å². The van der Waals surface area contributed by atoms with Crippen LogP contribution in [0.3, 0.4) is 0 Å². The zero-order valence-electron chi connectivity index (χ0n) is 9.82. The number of amides is 1. The fraction of sp³-hybridized carbons (Fsp3) is 0.917. The Morgan fingerprint density at radius 1 is 1.44 bits per heavy atom. The van der Waals surface area contributed by atoms with Gasteiger partial charge in [-0.25, -0.2) is 0 Å². The van der Waals surface area contributed by atoms with Crippen LogP contribution in [-0.4, -0.2) is 41.4 Å². The SMILES string of the molecule is CC1CCOC1C(=O)N(CCBr)C1CCC1. The summed E-state index contributed by atoms with van der Waals surface area (Å²) in [4.78, 5) is 14.4. The molecular weight excluding hydrogens is 270 g/mol. The second-order valence-corrected chi connectivity index (χ2v) is 5.66. The van der Waals surface area contributed by atoms with Crippen molar-refractivity contribution in [1.29, 1.82) is 0 Å². The lowest BCUT2D eigenvalue weighted by Crippen LogP contribution is -2.50. The van der Waals surface area contributed by atoms with Crippen LogP contribution in [0.25, 0.3) is 0 Å². The smallest absolute Gasteiger partial charge is 0.252 e. The minimum absolute atomic E-state index is 0.181. The molecule has 3 nitrogen and oxygen atoms in total. The molecule has 16 heavy (non-hydrogen) atoms. The second kappa shape index (κ2) is 5.50. The Labute approximate surface area is 106 Å². The van der Waals surface area contributed by atoms with Crippen molar-refractivity contribution < 1.29 is 9.53 Å². The molecule has 0 bridgehead atoms. The lowest BCUT2D eigenvalue weighted by Gasteiger charge is -2.39. The van der Waals surface area contributed by atoms with Crippen LogP contribution in [0, 0.1) is 5.92 Å². The number of carbonyl (C=O) groups excluding carboxylic acids is 1. The Kier molecular flexibility index (Phi) is 4.25. The molecule has 0 aromatic rings. The Balaban J connectivity index is 1.98. The van der Waals surface area contributed by atoms with Crippen molar-refractivity contribution in [3.8, 4) is 0 Å². The van der Waals surface area contributed by atoms with Gasteiger partial charge in [0, 0.05) is 24.5 Å². The van der Waals surface area contributed by atoms with Gasteiger partial charge >= 0.3 is 0 Å². The average molecular weight is 290 g/mol. The summed E-state index contributed by atoms with van der Waals surface area (Å²) in [6, 6.07) is 0.474. The fourth-order valence-corrected chi connectivity index (χ4v) is 2.82. The van der Waals surface area contributed by atoms with E-state index in [9.17, 15) is 4.79 Å². The number of ether oxygens (including phenoxy) is 1. The first-order valence-electron chi connectivity index (χ1n) is 6.22. The number of alkyl halides is 1. The summed E-state index contributed by atoms with van der Waals surface area (Å²) >= 11 is 3.43. The molecular formula is C12H20BrNO2. The highest BCUT2D eigenvalue weighted by molar-refractivity contribution is 9.09. The summed E-state index contributed by atoms with van der Waals surface area (Å²) in [6.07, 6.45) is 4.43. The summed E-state index contributed by atoms with van der Waals surface area (Å²) in [5.41, 5.74) is 0. The molecule has 1 aliphatic carbocycles. The molecule has 1 saturated heterocycles.